The van der Waals surface area contributed by atoms with Gasteiger partial charge in [0.25, 0.3) is 5.91 Å². The summed E-state index contributed by atoms with van der Waals surface area (Å²) in [6.07, 6.45) is 0.674. The Labute approximate surface area is 118 Å². The van der Waals surface area contributed by atoms with Crippen molar-refractivity contribution in [2.24, 2.45) is 0 Å². The van der Waals surface area contributed by atoms with Crippen molar-refractivity contribution in [2.45, 2.75) is 6.42 Å². The molecule has 0 unspecified atom stereocenters. The van der Waals surface area contributed by atoms with Gasteiger partial charge in [-0.25, -0.2) is 9.97 Å². The molecule has 0 bridgehead atoms. The number of halogens is 2. The van der Waals surface area contributed by atoms with Gasteiger partial charge in [0.2, 0.25) is 0 Å². The molecule has 0 aromatic carbocycles. The average molecular weight is 302 g/mol. The lowest BCUT2D eigenvalue weighted by molar-refractivity contribution is 0.0949. The monoisotopic (exact) mass is 301 g/mol. The van der Waals surface area contributed by atoms with Gasteiger partial charge in [-0.3, -0.25) is 4.79 Å². The van der Waals surface area contributed by atoms with Crippen LogP contribution in [0.1, 0.15) is 16.2 Å². The zero-order valence-electron chi connectivity index (χ0n) is 9.19. The Morgan fingerprint density at radius 3 is 2.94 bits per heavy atom. The summed E-state index contributed by atoms with van der Waals surface area (Å²) in [6, 6.07) is 3.09. The molecule has 0 aliphatic rings. The highest BCUT2D eigenvalue weighted by Gasteiger charge is 2.12. The summed E-state index contributed by atoms with van der Waals surface area (Å²) in [7, 11) is 0. The van der Waals surface area contributed by atoms with E-state index < -0.39 is 0 Å². The highest BCUT2D eigenvalue weighted by molar-refractivity contribution is 7.07. The van der Waals surface area contributed by atoms with E-state index in [1.807, 2.05) is 5.38 Å². The van der Waals surface area contributed by atoms with Crippen LogP contribution in [0.5, 0.6) is 0 Å². The molecule has 4 nitrogen and oxygen atoms in total. The largest absolute Gasteiger partial charge is 0.350 e. The molecular weight excluding hydrogens is 293 g/mol. The van der Waals surface area contributed by atoms with E-state index in [-0.39, 0.29) is 21.8 Å². The summed E-state index contributed by atoms with van der Waals surface area (Å²) < 4.78 is 0. The fraction of sp³-hybridized carbons (Fsp3) is 0.182. The Kier molecular flexibility index (Phi) is 4.52. The number of nitrogens with zero attached hydrogens (tertiary/aromatic N) is 2. The normalized spacial score (nSPS) is 10.3. The first kappa shape index (κ1) is 13.3. The van der Waals surface area contributed by atoms with Crippen LogP contribution in [0, 0.1) is 0 Å². The van der Waals surface area contributed by atoms with Crippen molar-refractivity contribution in [1.29, 1.82) is 0 Å². The van der Waals surface area contributed by atoms with Crippen LogP contribution in [0.15, 0.2) is 23.0 Å². The van der Waals surface area contributed by atoms with Gasteiger partial charge in [0.05, 0.1) is 16.2 Å². The second-order valence-electron chi connectivity index (χ2n) is 3.45. The van der Waals surface area contributed by atoms with Crippen LogP contribution in [-0.2, 0) is 6.42 Å². The van der Waals surface area contributed by atoms with Crippen molar-refractivity contribution in [1.82, 2.24) is 15.3 Å². The Hall–Kier alpha value is -1.17. The number of aromatic nitrogens is 2. The third kappa shape index (κ3) is 3.41. The molecule has 0 aliphatic carbocycles. The minimum absolute atomic E-state index is 0.141. The summed E-state index contributed by atoms with van der Waals surface area (Å²) in [6.45, 7) is 0.479. The van der Waals surface area contributed by atoms with Crippen molar-refractivity contribution in [3.63, 3.8) is 0 Å². The van der Waals surface area contributed by atoms with Crippen LogP contribution in [-0.4, -0.2) is 22.4 Å². The Balaban J connectivity index is 1.93. The summed E-state index contributed by atoms with van der Waals surface area (Å²) in [5.41, 5.74) is 2.85. The molecule has 2 heterocycles. The molecule has 18 heavy (non-hydrogen) atoms. The van der Waals surface area contributed by atoms with E-state index in [9.17, 15) is 4.79 Å². The predicted molar refractivity (Wildman–Crippen MR) is 72.4 cm³/mol. The number of amides is 1. The van der Waals surface area contributed by atoms with E-state index >= 15 is 0 Å². The lowest BCUT2D eigenvalue weighted by Crippen LogP contribution is -2.27. The smallest absolute Gasteiger partial charge is 0.271 e. The molecule has 0 radical (unpaired) electrons. The van der Waals surface area contributed by atoms with E-state index in [1.54, 1.807) is 11.6 Å². The van der Waals surface area contributed by atoms with Crippen molar-refractivity contribution in [2.75, 3.05) is 6.54 Å². The molecule has 0 atom stereocenters. The van der Waals surface area contributed by atoms with Crippen molar-refractivity contribution in [3.8, 4) is 0 Å². The van der Waals surface area contributed by atoms with Gasteiger partial charge in [-0.2, -0.15) is 0 Å². The van der Waals surface area contributed by atoms with Crippen LogP contribution < -0.4 is 5.32 Å². The molecule has 2 aromatic heterocycles. The van der Waals surface area contributed by atoms with Gasteiger partial charge in [0.1, 0.15) is 10.8 Å². The van der Waals surface area contributed by atoms with Crippen LogP contribution in [0.4, 0.5) is 0 Å². The third-order valence-electron chi connectivity index (χ3n) is 2.18. The molecule has 0 aliphatic heterocycles. The maximum Gasteiger partial charge on any atom is 0.271 e. The topological polar surface area (TPSA) is 54.9 Å². The zero-order valence-corrected chi connectivity index (χ0v) is 11.5. The molecule has 0 spiro atoms. The minimum atomic E-state index is -0.335. The summed E-state index contributed by atoms with van der Waals surface area (Å²) in [5, 5.41) is 5.19. The van der Waals surface area contributed by atoms with Gasteiger partial charge in [0.15, 0.2) is 0 Å². The predicted octanol–water partition coefficient (Wildman–Crippen LogP) is 2.82. The average Bonchev–Trinajstić information content (AvgIpc) is 2.85. The molecular formula is C11H9Cl2N3OS. The molecule has 1 N–H and O–H groups in total. The third-order valence-corrected chi connectivity index (χ3v) is 3.33. The van der Waals surface area contributed by atoms with E-state index in [0.29, 0.717) is 13.0 Å². The molecule has 0 saturated heterocycles. The number of rotatable bonds is 4. The van der Waals surface area contributed by atoms with Crippen LogP contribution in [0.2, 0.25) is 10.2 Å². The molecule has 7 heteroatoms. The fourth-order valence-corrected chi connectivity index (χ4v) is 2.26. The SMILES string of the molecule is O=C(NCCc1cscn1)c1nc(Cl)ccc1Cl. The number of thiazole rings is 1. The first-order valence-electron chi connectivity index (χ1n) is 5.14. The highest BCUT2D eigenvalue weighted by Crippen LogP contribution is 2.16. The first-order chi connectivity index (χ1) is 8.66. The molecule has 2 aromatic rings. The van der Waals surface area contributed by atoms with Gasteiger partial charge in [-0.05, 0) is 12.1 Å². The van der Waals surface area contributed by atoms with E-state index in [0.717, 1.165) is 5.69 Å². The Morgan fingerprint density at radius 1 is 1.39 bits per heavy atom. The molecule has 0 fully saturated rings. The number of carbonyl (C=O) groups is 1. The number of pyridine rings is 1. The lowest BCUT2D eigenvalue weighted by Gasteiger charge is -2.05. The molecule has 1 amide bonds. The van der Waals surface area contributed by atoms with Gasteiger partial charge < -0.3 is 5.32 Å². The molecule has 0 saturated carbocycles. The molecule has 2 rings (SSSR count). The van der Waals surface area contributed by atoms with E-state index in [2.05, 4.69) is 15.3 Å². The fourth-order valence-electron chi connectivity index (χ4n) is 1.33. The van der Waals surface area contributed by atoms with Crippen LogP contribution in [0.25, 0.3) is 0 Å². The van der Waals surface area contributed by atoms with Crippen molar-refractivity contribution >= 4 is 40.4 Å². The van der Waals surface area contributed by atoms with E-state index in [1.165, 1.54) is 17.4 Å². The standard InChI is InChI=1S/C11H9Cl2N3OS/c12-8-1-2-9(13)16-10(8)11(17)14-4-3-7-5-18-6-15-7/h1-2,5-6H,3-4H2,(H,14,17). The Morgan fingerprint density at radius 2 is 2.22 bits per heavy atom. The van der Waals surface area contributed by atoms with Gasteiger partial charge >= 0.3 is 0 Å². The van der Waals surface area contributed by atoms with Crippen molar-refractivity contribution in [3.05, 3.63) is 44.6 Å². The van der Waals surface area contributed by atoms with E-state index in [4.69, 9.17) is 23.2 Å². The first-order valence-corrected chi connectivity index (χ1v) is 6.84. The number of hydrogen-bond acceptors (Lipinski definition) is 4. The van der Waals surface area contributed by atoms with Gasteiger partial charge in [-0.15, -0.1) is 11.3 Å². The quantitative estimate of drug-likeness (QED) is 0.884. The number of nitrogens with one attached hydrogen (secondary N) is 1. The maximum atomic E-state index is 11.8. The zero-order chi connectivity index (χ0) is 13.0. The second-order valence-corrected chi connectivity index (χ2v) is 4.96. The summed E-state index contributed by atoms with van der Waals surface area (Å²) in [4.78, 5) is 19.8. The number of hydrogen-bond donors (Lipinski definition) is 1. The summed E-state index contributed by atoms with van der Waals surface area (Å²) in [5.74, 6) is -0.335. The van der Waals surface area contributed by atoms with Crippen LogP contribution in [0.3, 0.4) is 0 Å². The maximum absolute atomic E-state index is 11.8. The minimum Gasteiger partial charge on any atom is -0.350 e. The lowest BCUT2D eigenvalue weighted by atomic mass is 10.3. The van der Waals surface area contributed by atoms with Gasteiger partial charge in [0, 0.05) is 18.3 Å². The molecule has 94 valence electrons. The highest BCUT2D eigenvalue weighted by atomic mass is 35.5. The second kappa shape index (κ2) is 6.13. The number of carbonyl (C=O) groups excluding carboxylic acids is 1. The van der Waals surface area contributed by atoms with Crippen LogP contribution >= 0.6 is 34.5 Å². The summed E-state index contributed by atoms with van der Waals surface area (Å²) >= 11 is 13.1. The van der Waals surface area contributed by atoms with Crippen molar-refractivity contribution < 1.29 is 4.79 Å². The Bertz CT molecular complexity index is 545. The van der Waals surface area contributed by atoms with Gasteiger partial charge in [-0.1, -0.05) is 23.2 Å².